The van der Waals surface area contributed by atoms with Crippen molar-refractivity contribution in [2.24, 2.45) is 0 Å². The Hall–Kier alpha value is -1.86. The van der Waals surface area contributed by atoms with Crippen molar-refractivity contribution in [2.75, 3.05) is 19.6 Å². The molecule has 2 atom stereocenters. The summed E-state index contributed by atoms with van der Waals surface area (Å²) in [6.45, 7) is 9.26. The van der Waals surface area contributed by atoms with Gasteiger partial charge < -0.3 is 5.32 Å². The quantitative estimate of drug-likeness (QED) is 0.868. The van der Waals surface area contributed by atoms with Gasteiger partial charge in [0.15, 0.2) is 11.6 Å². The van der Waals surface area contributed by atoms with Crippen molar-refractivity contribution in [2.45, 2.75) is 58.7 Å². The van der Waals surface area contributed by atoms with Gasteiger partial charge >= 0.3 is 0 Å². The van der Waals surface area contributed by atoms with Crippen LogP contribution in [-0.4, -0.2) is 40.1 Å². The summed E-state index contributed by atoms with van der Waals surface area (Å²) in [5.41, 5.74) is -0.0835. The Morgan fingerprint density at radius 3 is 2.70 bits per heavy atom. The first-order valence-electron chi connectivity index (χ1n) is 9.83. The van der Waals surface area contributed by atoms with Crippen LogP contribution >= 0.6 is 0 Å². The molecule has 0 spiro atoms. The Morgan fingerprint density at radius 2 is 2.00 bits per heavy atom. The van der Waals surface area contributed by atoms with E-state index in [1.165, 1.54) is 0 Å². The topological polar surface area (TPSA) is 50.2 Å². The van der Waals surface area contributed by atoms with E-state index in [0.29, 0.717) is 18.4 Å². The van der Waals surface area contributed by atoms with Crippen LogP contribution in [-0.2, 0) is 6.54 Å². The smallest absolute Gasteiger partial charge is 0.261 e. The van der Waals surface area contributed by atoms with E-state index in [1.807, 2.05) is 6.92 Å². The summed E-state index contributed by atoms with van der Waals surface area (Å²) < 4.78 is 29.0. The molecule has 7 heteroatoms. The number of halogens is 2. The predicted octanol–water partition coefficient (Wildman–Crippen LogP) is 3.22. The first-order valence-corrected chi connectivity index (χ1v) is 9.83. The summed E-state index contributed by atoms with van der Waals surface area (Å²) in [5, 5.41) is 3.61. The molecule has 1 aromatic heterocycles. The molecular weight excluding hydrogens is 350 g/mol. The van der Waals surface area contributed by atoms with Gasteiger partial charge in [-0.1, -0.05) is 13.3 Å². The Balaban J connectivity index is 2.13. The van der Waals surface area contributed by atoms with E-state index in [9.17, 15) is 13.6 Å². The molecule has 5 nitrogen and oxygen atoms in total. The largest absolute Gasteiger partial charge is 0.313 e. The average molecular weight is 378 g/mol. The molecule has 2 heterocycles. The van der Waals surface area contributed by atoms with Crippen LogP contribution in [0.2, 0.25) is 0 Å². The third kappa shape index (κ3) is 4.04. The number of aromatic nitrogens is 2. The molecule has 0 radical (unpaired) electrons. The van der Waals surface area contributed by atoms with Crippen LogP contribution in [0.1, 0.15) is 51.9 Å². The highest BCUT2D eigenvalue weighted by atomic mass is 19.2. The Bertz CT molecular complexity index is 867. The van der Waals surface area contributed by atoms with Crippen LogP contribution < -0.4 is 10.9 Å². The zero-order valence-corrected chi connectivity index (χ0v) is 16.3. The molecule has 1 saturated heterocycles. The van der Waals surface area contributed by atoms with E-state index in [0.717, 1.165) is 51.0 Å². The number of hydrogen-bond donors (Lipinski definition) is 1. The summed E-state index contributed by atoms with van der Waals surface area (Å²) in [5.74, 6) is -1.35. The Labute approximate surface area is 158 Å². The maximum Gasteiger partial charge on any atom is 0.261 e. The van der Waals surface area contributed by atoms with Gasteiger partial charge in [-0.25, -0.2) is 13.8 Å². The van der Waals surface area contributed by atoms with Gasteiger partial charge in [-0.05, 0) is 32.8 Å². The SMILES string of the molecule is CCC[C@H](c1nc2cc(F)c(F)cc2c(=O)n1CC)N1CCNC(C)CC1. The Morgan fingerprint density at radius 1 is 1.26 bits per heavy atom. The van der Waals surface area contributed by atoms with Crippen molar-refractivity contribution in [3.05, 3.63) is 39.9 Å². The molecule has 1 fully saturated rings. The second kappa shape index (κ2) is 8.44. The Kier molecular flexibility index (Phi) is 6.22. The number of nitrogens with zero attached hydrogens (tertiary/aromatic N) is 3. The first-order chi connectivity index (χ1) is 13.0. The fraction of sp³-hybridized carbons (Fsp3) is 0.600. The number of hydrogen-bond acceptors (Lipinski definition) is 4. The molecule has 1 aliphatic heterocycles. The lowest BCUT2D eigenvalue weighted by Crippen LogP contribution is -2.37. The minimum atomic E-state index is -1.02. The van der Waals surface area contributed by atoms with Gasteiger partial charge in [0.2, 0.25) is 0 Å². The van der Waals surface area contributed by atoms with Crippen LogP contribution in [0.4, 0.5) is 8.78 Å². The fourth-order valence-corrected chi connectivity index (χ4v) is 3.88. The first kappa shape index (κ1) is 19.9. The number of rotatable bonds is 5. The molecule has 0 amide bonds. The van der Waals surface area contributed by atoms with Crippen molar-refractivity contribution >= 4 is 10.9 Å². The van der Waals surface area contributed by atoms with E-state index in [4.69, 9.17) is 0 Å². The lowest BCUT2D eigenvalue weighted by atomic mass is 10.1. The molecule has 27 heavy (non-hydrogen) atoms. The second-order valence-electron chi connectivity index (χ2n) is 7.29. The summed E-state index contributed by atoms with van der Waals surface area (Å²) in [7, 11) is 0. The van der Waals surface area contributed by atoms with Crippen LogP contribution in [0.15, 0.2) is 16.9 Å². The molecule has 1 aromatic carbocycles. The van der Waals surface area contributed by atoms with E-state index in [-0.39, 0.29) is 22.5 Å². The number of benzene rings is 1. The van der Waals surface area contributed by atoms with Gasteiger partial charge in [-0.3, -0.25) is 14.3 Å². The molecule has 1 N–H and O–H groups in total. The van der Waals surface area contributed by atoms with Crippen molar-refractivity contribution in [1.82, 2.24) is 19.8 Å². The van der Waals surface area contributed by atoms with Crippen molar-refractivity contribution < 1.29 is 8.78 Å². The lowest BCUT2D eigenvalue weighted by Gasteiger charge is -2.31. The van der Waals surface area contributed by atoms with Gasteiger partial charge in [-0.2, -0.15) is 0 Å². The van der Waals surface area contributed by atoms with E-state index in [1.54, 1.807) is 4.57 Å². The second-order valence-corrected chi connectivity index (χ2v) is 7.29. The molecule has 1 aliphatic rings. The van der Waals surface area contributed by atoms with Gasteiger partial charge in [0.05, 0.1) is 16.9 Å². The molecule has 2 aromatic rings. The highest BCUT2D eigenvalue weighted by Crippen LogP contribution is 2.26. The van der Waals surface area contributed by atoms with Gasteiger partial charge in [0.1, 0.15) is 5.82 Å². The summed E-state index contributed by atoms with van der Waals surface area (Å²) >= 11 is 0. The van der Waals surface area contributed by atoms with Gasteiger partial charge in [-0.15, -0.1) is 0 Å². The standard InChI is InChI=1S/C20H28F2N4O/c1-4-6-18(25-9-7-13(3)23-8-10-25)19-24-17-12-16(22)15(21)11-14(17)20(27)26(19)5-2/h11-13,18,23H,4-10H2,1-3H3/t13?,18-/m1/s1. The molecule has 0 saturated carbocycles. The molecule has 0 aliphatic carbocycles. The minimum absolute atomic E-state index is 0.0211. The van der Waals surface area contributed by atoms with Crippen molar-refractivity contribution in [3.63, 3.8) is 0 Å². The van der Waals surface area contributed by atoms with Crippen LogP contribution in [0.5, 0.6) is 0 Å². The maximum atomic E-state index is 13.8. The maximum absolute atomic E-state index is 13.8. The predicted molar refractivity (Wildman–Crippen MR) is 103 cm³/mol. The monoisotopic (exact) mass is 378 g/mol. The average Bonchev–Trinajstić information content (AvgIpc) is 2.86. The third-order valence-corrected chi connectivity index (χ3v) is 5.38. The highest BCUT2D eigenvalue weighted by molar-refractivity contribution is 5.77. The van der Waals surface area contributed by atoms with E-state index >= 15 is 0 Å². The molecule has 0 bridgehead atoms. The zero-order valence-electron chi connectivity index (χ0n) is 16.3. The molecule has 1 unspecified atom stereocenters. The van der Waals surface area contributed by atoms with Gasteiger partial charge in [0.25, 0.3) is 5.56 Å². The molecular formula is C20H28F2N4O. The zero-order chi connectivity index (χ0) is 19.6. The van der Waals surface area contributed by atoms with Crippen LogP contribution in [0.25, 0.3) is 10.9 Å². The number of nitrogens with one attached hydrogen (secondary N) is 1. The van der Waals surface area contributed by atoms with Crippen molar-refractivity contribution in [1.29, 1.82) is 0 Å². The van der Waals surface area contributed by atoms with Gasteiger partial charge in [0, 0.05) is 38.3 Å². The van der Waals surface area contributed by atoms with Crippen LogP contribution in [0, 0.1) is 11.6 Å². The fourth-order valence-electron chi connectivity index (χ4n) is 3.88. The summed E-state index contributed by atoms with van der Waals surface area (Å²) in [6, 6.07) is 2.42. The normalized spacial score (nSPS) is 20.0. The summed E-state index contributed by atoms with van der Waals surface area (Å²) in [4.78, 5) is 20.0. The van der Waals surface area contributed by atoms with E-state index < -0.39 is 11.6 Å². The lowest BCUT2D eigenvalue weighted by molar-refractivity contribution is 0.184. The third-order valence-electron chi connectivity index (χ3n) is 5.38. The minimum Gasteiger partial charge on any atom is -0.313 e. The highest BCUT2D eigenvalue weighted by Gasteiger charge is 2.27. The molecule has 148 valence electrons. The van der Waals surface area contributed by atoms with Crippen LogP contribution in [0.3, 0.4) is 0 Å². The van der Waals surface area contributed by atoms with Crippen molar-refractivity contribution in [3.8, 4) is 0 Å². The number of fused-ring (bicyclic) bond motifs is 1. The molecule has 3 rings (SSSR count). The van der Waals surface area contributed by atoms with E-state index in [2.05, 4.69) is 29.0 Å². The summed E-state index contributed by atoms with van der Waals surface area (Å²) in [6.07, 6.45) is 2.82.